The summed E-state index contributed by atoms with van der Waals surface area (Å²) in [7, 11) is 2.23. The summed E-state index contributed by atoms with van der Waals surface area (Å²) in [6, 6.07) is 16.9. The van der Waals surface area contributed by atoms with Crippen LogP contribution in [0.15, 0.2) is 77.3 Å². The van der Waals surface area contributed by atoms with E-state index in [1.165, 1.54) is 68.3 Å². The number of hydrogen-bond donors (Lipinski definition) is 1. The van der Waals surface area contributed by atoms with Crippen LogP contribution in [0, 0.1) is 0 Å². The van der Waals surface area contributed by atoms with Gasteiger partial charge >= 0.3 is 0 Å². The first-order valence-electron chi connectivity index (χ1n) is 13.7. The molecule has 1 aromatic carbocycles. The van der Waals surface area contributed by atoms with E-state index in [9.17, 15) is 0 Å². The minimum absolute atomic E-state index is 0.528. The largest absolute Gasteiger partial charge is 0.487 e. The Balaban J connectivity index is 1.52. The molecule has 2 aliphatic rings. The van der Waals surface area contributed by atoms with Crippen LogP contribution in [-0.4, -0.2) is 15.3 Å². The third-order valence-electron chi connectivity index (χ3n) is 7.72. The molecule has 5 rings (SSSR count). The molecule has 0 saturated heterocycles. The number of H-pyrrole nitrogens is 1. The smallest absolute Gasteiger partial charge is 0.147 e. The lowest BCUT2D eigenvalue weighted by atomic mass is 9.89. The molecule has 4 heteroatoms. The van der Waals surface area contributed by atoms with Gasteiger partial charge in [-0.3, -0.25) is 0 Å². The van der Waals surface area contributed by atoms with Crippen molar-refractivity contribution < 1.29 is 4.74 Å². The summed E-state index contributed by atoms with van der Waals surface area (Å²) in [4.78, 5) is 8.35. The Kier molecular flexibility index (Phi) is 7.90. The molecule has 2 aromatic heterocycles. The first-order valence-corrected chi connectivity index (χ1v) is 13.7. The number of hydrogen-bond acceptors (Lipinski definition) is 2. The first kappa shape index (κ1) is 24.4. The average molecular weight is 482 g/mol. The van der Waals surface area contributed by atoms with Gasteiger partial charge in [-0.05, 0) is 67.0 Å². The Morgan fingerprint density at radius 2 is 1.83 bits per heavy atom. The molecule has 0 fully saturated rings. The van der Waals surface area contributed by atoms with Crippen molar-refractivity contribution in [2.75, 3.05) is 0 Å². The number of rotatable bonds is 6. The summed E-state index contributed by atoms with van der Waals surface area (Å²) in [6.07, 6.45) is 17.9. The van der Waals surface area contributed by atoms with Crippen LogP contribution < -0.4 is 0 Å². The summed E-state index contributed by atoms with van der Waals surface area (Å²) in [5.41, 5.74) is 8.21. The van der Waals surface area contributed by atoms with Crippen molar-refractivity contribution in [3.05, 3.63) is 100 Å². The molecule has 1 N–H and O–H groups in total. The van der Waals surface area contributed by atoms with Crippen LogP contribution in [0.1, 0.15) is 92.4 Å². The lowest BCUT2D eigenvalue weighted by molar-refractivity contribution is 0.208. The lowest BCUT2D eigenvalue weighted by Gasteiger charge is -2.16. The maximum Gasteiger partial charge on any atom is 0.147 e. The standard InChI is InChI=1S/C32H39N3O/c1-3-25-16-11-6-4-5-7-12-17-26-20-27(25)31(35(26)2)21-30-32(36-23-24-14-9-8-10-15-24)22-29(34-30)28-18-13-19-33-28/h8-10,13-15,18-22,25,33H,3-7,11-12,16-17,23H2,1-2H3/b30-21-. The van der Waals surface area contributed by atoms with Crippen molar-refractivity contribution in [3.8, 4) is 0 Å². The Labute approximate surface area is 215 Å². The Bertz CT molecular complexity index is 1230. The molecular weight excluding hydrogens is 442 g/mol. The second kappa shape index (κ2) is 11.6. The highest BCUT2D eigenvalue weighted by Gasteiger charge is 2.23. The highest BCUT2D eigenvalue weighted by molar-refractivity contribution is 6.11. The van der Waals surface area contributed by atoms with Gasteiger partial charge in [0, 0.05) is 30.7 Å². The Morgan fingerprint density at radius 1 is 1.03 bits per heavy atom. The number of nitrogens with zero attached hydrogens (tertiary/aromatic N) is 2. The fourth-order valence-electron chi connectivity index (χ4n) is 5.56. The van der Waals surface area contributed by atoms with E-state index in [2.05, 4.69) is 72.1 Å². The summed E-state index contributed by atoms with van der Waals surface area (Å²) >= 11 is 0. The van der Waals surface area contributed by atoms with Crippen molar-refractivity contribution in [1.82, 2.24) is 9.55 Å². The zero-order valence-corrected chi connectivity index (χ0v) is 21.8. The fourth-order valence-corrected chi connectivity index (χ4v) is 5.56. The van der Waals surface area contributed by atoms with Gasteiger partial charge in [-0.25, -0.2) is 4.99 Å². The first-order chi connectivity index (χ1) is 17.7. The topological polar surface area (TPSA) is 42.3 Å². The summed E-state index contributed by atoms with van der Waals surface area (Å²) < 4.78 is 8.79. The molecule has 1 unspecified atom stereocenters. The van der Waals surface area contributed by atoms with Gasteiger partial charge in [0.2, 0.25) is 0 Å². The summed E-state index contributed by atoms with van der Waals surface area (Å²) in [5.74, 6) is 1.42. The van der Waals surface area contributed by atoms with Gasteiger partial charge in [0.25, 0.3) is 0 Å². The van der Waals surface area contributed by atoms with Gasteiger partial charge in [-0.15, -0.1) is 0 Å². The van der Waals surface area contributed by atoms with Gasteiger partial charge in [0.15, 0.2) is 0 Å². The molecule has 1 aliphatic heterocycles. The SMILES string of the molecule is CCC1CCCCCCCCc2cc1c(/C=C1\N=C(c3ccc[nH]3)C=C1OCc1ccccc1)n2C. The molecule has 0 saturated carbocycles. The molecule has 1 atom stereocenters. The van der Waals surface area contributed by atoms with Crippen molar-refractivity contribution in [3.63, 3.8) is 0 Å². The lowest BCUT2D eigenvalue weighted by Crippen LogP contribution is -2.03. The van der Waals surface area contributed by atoms with Crippen LogP contribution in [0.25, 0.3) is 6.08 Å². The Morgan fingerprint density at radius 3 is 2.61 bits per heavy atom. The van der Waals surface area contributed by atoms with Crippen LogP contribution in [-0.2, 0) is 24.8 Å². The van der Waals surface area contributed by atoms with Crippen LogP contribution in [0.5, 0.6) is 0 Å². The number of aryl methyl sites for hydroxylation is 1. The van der Waals surface area contributed by atoms with E-state index in [1.807, 2.05) is 18.3 Å². The van der Waals surface area contributed by atoms with Crippen molar-refractivity contribution in [1.29, 1.82) is 0 Å². The van der Waals surface area contributed by atoms with E-state index in [1.54, 1.807) is 0 Å². The van der Waals surface area contributed by atoms with E-state index in [0.29, 0.717) is 12.5 Å². The van der Waals surface area contributed by atoms with Crippen molar-refractivity contribution in [2.45, 2.75) is 77.2 Å². The molecule has 2 bridgehead atoms. The van der Waals surface area contributed by atoms with E-state index in [0.717, 1.165) is 34.8 Å². The molecule has 1 aliphatic carbocycles. The van der Waals surface area contributed by atoms with Crippen molar-refractivity contribution in [2.24, 2.45) is 12.0 Å². The summed E-state index contributed by atoms with van der Waals surface area (Å²) in [6.45, 7) is 2.87. The molecule has 0 radical (unpaired) electrons. The van der Waals surface area contributed by atoms with E-state index >= 15 is 0 Å². The predicted molar refractivity (Wildman–Crippen MR) is 149 cm³/mol. The van der Waals surface area contributed by atoms with Crippen LogP contribution in [0.2, 0.25) is 0 Å². The highest BCUT2D eigenvalue weighted by Crippen LogP contribution is 2.35. The second-order valence-corrected chi connectivity index (χ2v) is 10.2. The molecule has 0 spiro atoms. The summed E-state index contributed by atoms with van der Waals surface area (Å²) in [5, 5.41) is 0. The zero-order chi connectivity index (χ0) is 24.7. The van der Waals surface area contributed by atoms with Crippen LogP contribution in [0.3, 0.4) is 0 Å². The number of fused-ring (bicyclic) bond motifs is 2. The number of aromatic amines is 1. The third kappa shape index (κ3) is 5.59. The zero-order valence-electron chi connectivity index (χ0n) is 21.8. The van der Waals surface area contributed by atoms with Gasteiger partial charge < -0.3 is 14.3 Å². The minimum atomic E-state index is 0.528. The third-order valence-corrected chi connectivity index (χ3v) is 7.72. The average Bonchev–Trinajstić information content (AvgIpc) is 3.63. The molecular formula is C32H39N3O. The molecule has 3 heterocycles. The van der Waals surface area contributed by atoms with Gasteiger partial charge in [-0.1, -0.05) is 69.4 Å². The fraction of sp³-hybridized carbons (Fsp3) is 0.406. The highest BCUT2D eigenvalue weighted by atomic mass is 16.5. The normalized spacial score (nSPS) is 19.9. The van der Waals surface area contributed by atoms with E-state index in [-0.39, 0.29) is 0 Å². The number of allylic oxidation sites excluding steroid dienone is 1. The van der Waals surface area contributed by atoms with E-state index < -0.39 is 0 Å². The molecule has 0 amide bonds. The maximum atomic E-state index is 6.37. The molecule has 3 aromatic rings. The van der Waals surface area contributed by atoms with Crippen LogP contribution in [0.4, 0.5) is 0 Å². The number of nitrogens with one attached hydrogen (secondary N) is 1. The van der Waals surface area contributed by atoms with Gasteiger partial charge in [0.05, 0.1) is 11.4 Å². The quantitative estimate of drug-likeness (QED) is 0.380. The second-order valence-electron chi connectivity index (χ2n) is 10.2. The van der Waals surface area contributed by atoms with Gasteiger partial charge in [0.1, 0.15) is 18.1 Å². The molecule has 36 heavy (non-hydrogen) atoms. The number of benzene rings is 1. The number of ether oxygens (including phenoxy) is 1. The number of aromatic nitrogens is 2. The van der Waals surface area contributed by atoms with Gasteiger partial charge in [-0.2, -0.15) is 0 Å². The molecule has 188 valence electrons. The number of aliphatic imine (C=N–C) groups is 1. The molecule has 4 nitrogen and oxygen atoms in total. The van der Waals surface area contributed by atoms with Crippen molar-refractivity contribution >= 4 is 11.8 Å². The minimum Gasteiger partial charge on any atom is -0.487 e. The van der Waals surface area contributed by atoms with E-state index in [4.69, 9.17) is 9.73 Å². The Hall–Kier alpha value is -3.27. The monoisotopic (exact) mass is 481 g/mol. The predicted octanol–water partition coefficient (Wildman–Crippen LogP) is 8.08. The van der Waals surface area contributed by atoms with Crippen LogP contribution >= 0.6 is 0 Å². The maximum absolute atomic E-state index is 6.37.